The maximum atomic E-state index is 5.53. The SMILES string of the molecule is CC(C)COCc1cc(CNC(C)(C)C)co1. The number of furan rings is 1. The Morgan fingerprint density at radius 2 is 2.06 bits per heavy atom. The van der Waals surface area contributed by atoms with E-state index < -0.39 is 0 Å². The van der Waals surface area contributed by atoms with Gasteiger partial charge in [0, 0.05) is 24.3 Å². The van der Waals surface area contributed by atoms with Crippen molar-refractivity contribution in [2.75, 3.05) is 6.61 Å². The average Bonchev–Trinajstić information content (AvgIpc) is 2.61. The molecule has 0 amide bonds. The van der Waals surface area contributed by atoms with Crippen molar-refractivity contribution in [2.45, 2.75) is 53.3 Å². The van der Waals surface area contributed by atoms with E-state index in [9.17, 15) is 0 Å². The van der Waals surface area contributed by atoms with E-state index in [4.69, 9.17) is 9.15 Å². The summed E-state index contributed by atoms with van der Waals surface area (Å²) in [6, 6.07) is 2.05. The third-order valence-corrected chi connectivity index (χ3v) is 2.23. The molecule has 0 aliphatic rings. The third kappa shape index (κ3) is 6.49. The summed E-state index contributed by atoms with van der Waals surface area (Å²) < 4.78 is 11.0. The summed E-state index contributed by atoms with van der Waals surface area (Å²) in [4.78, 5) is 0. The van der Waals surface area contributed by atoms with Crippen LogP contribution in [-0.2, 0) is 17.9 Å². The van der Waals surface area contributed by atoms with Gasteiger partial charge in [0.05, 0.1) is 6.26 Å². The summed E-state index contributed by atoms with van der Waals surface area (Å²) in [6.07, 6.45) is 1.80. The van der Waals surface area contributed by atoms with E-state index in [0.29, 0.717) is 12.5 Å². The molecular weight excluding hydrogens is 214 g/mol. The predicted molar refractivity (Wildman–Crippen MR) is 69.8 cm³/mol. The minimum absolute atomic E-state index is 0.131. The molecule has 0 saturated carbocycles. The van der Waals surface area contributed by atoms with Gasteiger partial charge in [0.25, 0.3) is 0 Å². The van der Waals surface area contributed by atoms with Gasteiger partial charge in [-0.2, -0.15) is 0 Å². The van der Waals surface area contributed by atoms with Crippen LogP contribution in [0.3, 0.4) is 0 Å². The second-order valence-corrected chi connectivity index (χ2v) is 5.93. The van der Waals surface area contributed by atoms with Crippen molar-refractivity contribution >= 4 is 0 Å². The highest BCUT2D eigenvalue weighted by Crippen LogP contribution is 2.11. The quantitative estimate of drug-likeness (QED) is 0.826. The highest BCUT2D eigenvalue weighted by molar-refractivity contribution is 5.12. The Morgan fingerprint density at radius 3 is 2.65 bits per heavy atom. The molecular formula is C14H25NO2. The minimum Gasteiger partial charge on any atom is -0.467 e. The van der Waals surface area contributed by atoms with Crippen molar-refractivity contribution in [2.24, 2.45) is 5.92 Å². The number of nitrogens with one attached hydrogen (secondary N) is 1. The molecule has 1 aromatic rings. The van der Waals surface area contributed by atoms with Crippen molar-refractivity contribution in [3.8, 4) is 0 Å². The van der Waals surface area contributed by atoms with Crippen LogP contribution in [0.25, 0.3) is 0 Å². The molecule has 1 N–H and O–H groups in total. The standard InChI is InChI=1S/C14H25NO2/c1-11(2)8-16-10-13-6-12(9-17-13)7-15-14(3,4)5/h6,9,11,15H,7-8,10H2,1-5H3. The monoisotopic (exact) mass is 239 g/mol. The van der Waals surface area contributed by atoms with Gasteiger partial charge in [-0.1, -0.05) is 13.8 Å². The summed E-state index contributed by atoms with van der Waals surface area (Å²) >= 11 is 0. The van der Waals surface area contributed by atoms with E-state index in [1.54, 1.807) is 6.26 Å². The minimum atomic E-state index is 0.131. The van der Waals surface area contributed by atoms with Crippen molar-refractivity contribution in [1.82, 2.24) is 5.32 Å². The van der Waals surface area contributed by atoms with Gasteiger partial charge in [-0.3, -0.25) is 0 Å². The fraction of sp³-hybridized carbons (Fsp3) is 0.714. The van der Waals surface area contributed by atoms with Crippen LogP contribution in [0.5, 0.6) is 0 Å². The number of rotatable bonds is 6. The molecule has 3 nitrogen and oxygen atoms in total. The molecule has 0 aliphatic heterocycles. The molecule has 3 heteroatoms. The zero-order chi connectivity index (χ0) is 12.9. The van der Waals surface area contributed by atoms with E-state index >= 15 is 0 Å². The van der Waals surface area contributed by atoms with Crippen LogP contribution in [0.15, 0.2) is 16.7 Å². The third-order valence-electron chi connectivity index (χ3n) is 2.23. The Kier molecular flexibility index (Phi) is 5.22. The summed E-state index contributed by atoms with van der Waals surface area (Å²) in [6.45, 7) is 12.9. The van der Waals surface area contributed by atoms with E-state index in [-0.39, 0.29) is 5.54 Å². The summed E-state index contributed by atoms with van der Waals surface area (Å²) in [5, 5.41) is 3.42. The smallest absolute Gasteiger partial charge is 0.129 e. The topological polar surface area (TPSA) is 34.4 Å². The number of hydrogen-bond donors (Lipinski definition) is 1. The van der Waals surface area contributed by atoms with Crippen molar-refractivity contribution in [3.05, 3.63) is 23.7 Å². The molecule has 0 fully saturated rings. The lowest BCUT2D eigenvalue weighted by Gasteiger charge is -2.19. The van der Waals surface area contributed by atoms with Gasteiger partial charge in [-0.05, 0) is 32.8 Å². The molecule has 0 aliphatic carbocycles. The van der Waals surface area contributed by atoms with Gasteiger partial charge >= 0.3 is 0 Å². The predicted octanol–water partition coefficient (Wildman–Crippen LogP) is 3.34. The van der Waals surface area contributed by atoms with Crippen LogP contribution in [0.1, 0.15) is 45.9 Å². The fourth-order valence-electron chi connectivity index (χ4n) is 1.36. The maximum absolute atomic E-state index is 5.53. The Labute approximate surface area is 105 Å². The van der Waals surface area contributed by atoms with Crippen molar-refractivity contribution in [3.63, 3.8) is 0 Å². The first kappa shape index (κ1) is 14.3. The van der Waals surface area contributed by atoms with E-state index in [1.807, 2.05) is 0 Å². The van der Waals surface area contributed by atoms with Gasteiger partial charge in [-0.25, -0.2) is 0 Å². The normalized spacial score (nSPS) is 12.4. The largest absolute Gasteiger partial charge is 0.467 e. The van der Waals surface area contributed by atoms with Crippen LogP contribution >= 0.6 is 0 Å². The number of ether oxygens (including phenoxy) is 1. The van der Waals surface area contributed by atoms with Crippen molar-refractivity contribution < 1.29 is 9.15 Å². The first-order valence-corrected chi connectivity index (χ1v) is 6.26. The number of hydrogen-bond acceptors (Lipinski definition) is 3. The average molecular weight is 239 g/mol. The molecule has 0 atom stereocenters. The molecule has 1 heterocycles. The lowest BCUT2D eigenvalue weighted by atomic mass is 10.1. The van der Waals surface area contributed by atoms with Gasteiger partial charge < -0.3 is 14.5 Å². The summed E-state index contributed by atoms with van der Waals surface area (Å²) in [7, 11) is 0. The molecule has 0 aromatic carbocycles. The first-order chi connectivity index (χ1) is 7.87. The molecule has 0 saturated heterocycles. The summed E-state index contributed by atoms with van der Waals surface area (Å²) in [5.74, 6) is 1.46. The van der Waals surface area contributed by atoms with Crippen LogP contribution in [0.2, 0.25) is 0 Å². The molecule has 1 rings (SSSR count). The highest BCUT2D eigenvalue weighted by atomic mass is 16.5. The molecule has 0 spiro atoms. The van der Waals surface area contributed by atoms with Crippen LogP contribution in [-0.4, -0.2) is 12.1 Å². The zero-order valence-corrected chi connectivity index (χ0v) is 11.7. The van der Waals surface area contributed by atoms with Gasteiger partial charge in [-0.15, -0.1) is 0 Å². The van der Waals surface area contributed by atoms with Crippen LogP contribution in [0, 0.1) is 5.92 Å². The molecule has 0 bridgehead atoms. The fourth-order valence-corrected chi connectivity index (χ4v) is 1.36. The van der Waals surface area contributed by atoms with E-state index in [2.05, 4.69) is 46.0 Å². The van der Waals surface area contributed by atoms with Crippen molar-refractivity contribution in [1.29, 1.82) is 0 Å². The van der Waals surface area contributed by atoms with Gasteiger partial charge in [0.1, 0.15) is 12.4 Å². The lowest BCUT2D eigenvalue weighted by Crippen LogP contribution is -2.34. The molecule has 17 heavy (non-hydrogen) atoms. The summed E-state index contributed by atoms with van der Waals surface area (Å²) in [5.41, 5.74) is 1.30. The zero-order valence-electron chi connectivity index (χ0n) is 11.7. The van der Waals surface area contributed by atoms with Crippen LogP contribution in [0.4, 0.5) is 0 Å². The van der Waals surface area contributed by atoms with Gasteiger partial charge in [0.2, 0.25) is 0 Å². The molecule has 98 valence electrons. The van der Waals surface area contributed by atoms with Crippen LogP contribution < -0.4 is 5.32 Å². The second-order valence-electron chi connectivity index (χ2n) is 5.93. The van der Waals surface area contributed by atoms with E-state index in [0.717, 1.165) is 18.9 Å². The first-order valence-electron chi connectivity index (χ1n) is 6.26. The lowest BCUT2D eigenvalue weighted by molar-refractivity contribution is 0.0846. The Bertz CT molecular complexity index is 323. The highest BCUT2D eigenvalue weighted by Gasteiger charge is 2.09. The molecule has 0 unspecified atom stereocenters. The maximum Gasteiger partial charge on any atom is 0.129 e. The molecule has 1 aromatic heterocycles. The Hall–Kier alpha value is -0.800. The Morgan fingerprint density at radius 1 is 1.35 bits per heavy atom. The Balaban J connectivity index is 2.32. The second kappa shape index (κ2) is 6.22. The molecule has 0 radical (unpaired) electrons. The van der Waals surface area contributed by atoms with Gasteiger partial charge in [0.15, 0.2) is 0 Å². The van der Waals surface area contributed by atoms with E-state index in [1.165, 1.54) is 5.56 Å².